The first-order valence-corrected chi connectivity index (χ1v) is 8.30. The normalized spacial score (nSPS) is 28.4. The van der Waals surface area contributed by atoms with E-state index < -0.39 is 17.5 Å². The minimum Gasteiger partial charge on any atom is -0.478 e. The SMILES string of the molecule is CN1C2CCC1CC(O)(c1cccc(Cl)n1)C2.O=C(O)/C=C\C(=O)O. The van der Waals surface area contributed by atoms with E-state index in [1.165, 1.54) is 12.8 Å². The van der Waals surface area contributed by atoms with Gasteiger partial charge in [-0.05, 0) is 44.9 Å². The zero-order valence-electron chi connectivity index (χ0n) is 13.8. The van der Waals surface area contributed by atoms with E-state index >= 15 is 0 Å². The van der Waals surface area contributed by atoms with Crippen molar-refractivity contribution in [1.29, 1.82) is 0 Å². The van der Waals surface area contributed by atoms with Crippen LogP contribution in [0.25, 0.3) is 0 Å². The average molecular weight is 369 g/mol. The Balaban J connectivity index is 0.000000242. The first kappa shape index (κ1) is 19.4. The molecule has 0 spiro atoms. The van der Waals surface area contributed by atoms with Gasteiger partial charge in [-0.15, -0.1) is 0 Å². The van der Waals surface area contributed by atoms with E-state index in [0.29, 0.717) is 29.4 Å². The molecule has 2 atom stereocenters. The van der Waals surface area contributed by atoms with Gasteiger partial charge in [-0.1, -0.05) is 17.7 Å². The smallest absolute Gasteiger partial charge is 0.328 e. The molecule has 3 rings (SSSR count). The maximum atomic E-state index is 10.8. The number of aliphatic hydroxyl groups is 1. The van der Waals surface area contributed by atoms with Gasteiger partial charge in [0.2, 0.25) is 0 Å². The van der Waals surface area contributed by atoms with Gasteiger partial charge in [0.1, 0.15) is 10.8 Å². The van der Waals surface area contributed by atoms with E-state index in [9.17, 15) is 14.7 Å². The number of aromatic nitrogens is 1. The molecule has 3 N–H and O–H groups in total. The molecule has 1 aromatic rings. The highest BCUT2D eigenvalue weighted by Gasteiger charge is 2.47. The largest absolute Gasteiger partial charge is 0.478 e. The minimum absolute atomic E-state index is 0.460. The molecule has 2 aliphatic heterocycles. The van der Waals surface area contributed by atoms with E-state index in [-0.39, 0.29) is 0 Å². The van der Waals surface area contributed by atoms with Gasteiger partial charge >= 0.3 is 11.9 Å². The van der Waals surface area contributed by atoms with Crippen LogP contribution in [0.3, 0.4) is 0 Å². The number of halogens is 1. The lowest BCUT2D eigenvalue weighted by molar-refractivity contribution is -0.134. The average Bonchev–Trinajstić information content (AvgIpc) is 2.76. The molecule has 136 valence electrons. The zero-order valence-corrected chi connectivity index (χ0v) is 14.6. The Kier molecular flexibility index (Phi) is 6.16. The molecule has 0 saturated carbocycles. The molecule has 0 amide bonds. The van der Waals surface area contributed by atoms with Crippen LogP contribution in [-0.4, -0.2) is 56.3 Å². The van der Waals surface area contributed by atoms with Crippen molar-refractivity contribution in [3.05, 3.63) is 41.2 Å². The molecule has 8 heteroatoms. The standard InChI is InChI=1S/C13H17ClN2O.C4H4O4/c1-16-9-5-6-10(16)8-13(17,7-9)11-3-2-4-12(14)15-11;5-3(6)1-2-4(7)8/h2-4,9-10,17H,5-8H2,1H3;1-2H,(H,5,6)(H,7,8)/b;2-1-. The van der Waals surface area contributed by atoms with E-state index in [2.05, 4.69) is 16.9 Å². The predicted molar refractivity (Wildman–Crippen MR) is 91.4 cm³/mol. The molecule has 1 aromatic heterocycles. The second kappa shape index (κ2) is 7.95. The van der Waals surface area contributed by atoms with Crippen molar-refractivity contribution < 1.29 is 24.9 Å². The molecule has 2 bridgehead atoms. The quantitative estimate of drug-likeness (QED) is 0.551. The molecule has 7 nitrogen and oxygen atoms in total. The summed E-state index contributed by atoms with van der Waals surface area (Å²) in [6.45, 7) is 0. The summed E-state index contributed by atoms with van der Waals surface area (Å²) in [5.74, 6) is -2.51. The summed E-state index contributed by atoms with van der Waals surface area (Å²) in [7, 11) is 2.16. The van der Waals surface area contributed by atoms with Gasteiger partial charge in [0.25, 0.3) is 0 Å². The molecule has 3 heterocycles. The number of carbonyl (C=O) groups is 2. The minimum atomic E-state index is -1.26. The van der Waals surface area contributed by atoms with Gasteiger partial charge in [-0.2, -0.15) is 0 Å². The number of pyridine rings is 1. The predicted octanol–water partition coefficient (Wildman–Crippen LogP) is 1.89. The van der Waals surface area contributed by atoms with Crippen LogP contribution in [0.5, 0.6) is 0 Å². The van der Waals surface area contributed by atoms with Crippen molar-refractivity contribution in [3.8, 4) is 0 Å². The lowest BCUT2D eigenvalue weighted by atomic mass is 9.83. The molecule has 2 fully saturated rings. The summed E-state index contributed by atoms with van der Waals surface area (Å²) in [6, 6.07) is 6.47. The number of piperidine rings is 1. The summed E-state index contributed by atoms with van der Waals surface area (Å²) in [5.41, 5.74) is -0.0570. The van der Waals surface area contributed by atoms with E-state index in [1.807, 2.05) is 12.1 Å². The fourth-order valence-electron chi connectivity index (χ4n) is 3.46. The molecular formula is C17H21ClN2O5. The Morgan fingerprint density at radius 1 is 1.20 bits per heavy atom. The van der Waals surface area contributed by atoms with Gasteiger partial charge in [-0.25, -0.2) is 14.6 Å². The van der Waals surface area contributed by atoms with E-state index in [4.69, 9.17) is 21.8 Å². The number of carboxylic acids is 2. The van der Waals surface area contributed by atoms with Crippen LogP contribution < -0.4 is 0 Å². The number of fused-ring (bicyclic) bond motifs is 2. The summed E-state index contributed by atoms with van der Waals surface area (Å²) in [5, 5.41) is 26.9. The topological polar surface area (TPSA) is 111 Å². The van der Waals surface area contributed by atoms with Crippen molar-refractivity contribution >= 4 is 23.5 Å². The Morgan fingerprint density at radius 2 is 1.72 bits per heavy atom. The molecular weight excluding hydrogens is 348 g/mol. The Hall–Kier alpha value is -1.96. The van der Waals surface area contributed by atoms with E-state index in [1.54, 1.807) is 6.07 Å². The van der Waals surface area contributed by atoms with Gasteiger partial charge in [0.15, 0.2) is 0 Å². The number of rotatable bonds is 3. The Bertz CT molecular complexity index is 649. The van der Waals surface area contributed by atoms with Gasteiger partial charge in [-0.3, -0.25) is 0 Å². The number of hydrogen-bond donors (Lipinski definition) is 3. The Labute approximate surface area is 150 Å². The third-order valence-electron chi connectivity index (χ3n) is 4.69. The lowest BCUT2D eigenvalue weighted by Crippen LogP contribution is -2.48. The monoisotopic (exact) mass is 368 g/mol. The summed E-state index contributed by atoms with van der Waals surface area (Å²) < 4.78 is 0. The molecule has 0 aromatic carbocycles. The first-order chi connectivity index (χ1) is 11.7. The van der Waals surface area contributed by atoms with Crippen LogP contribution in [0, 0.1) is 0 Å². The van der Waals surface area contributed by atoms with Crippen molar-refractivity contribution in [2.24, 2.45) is 0 Å². The van der Waals surface area contributed by atoms with Crippen molar-refractivity contribution in [1.82, 2.24) is 9.88 Å². The van der Waals surface area contributed by atoms with Crippen LogP contribution in [0.15, 0.2) is 30.4 Å². The summed E-state index contributed by atoms with van der Waals surface area (Å²) in [4.78, 5) is 25.8. The first-order valence-electron chi connectivity index (χ1n) is 7.92. The molecule has 2 saturated heterocycles. The lowest BCUT2D eigenvalue weighted by Gasteiger charge is -2.41. The number of carboxylic acid groups (broad SMARTS) is 2. The maximum absolute atomic E-state index is 10.8. The van der Waals surface area contributed by atoms with Crippen LogP contribution in [0.2, 0.25) is 5.15 Å². The second-order valence-corrected chi connectivity index (χ2v) is 6.73. The molecule has 2 aliphatic rings. The molecule has 25 heavy (non-hydrogen) atoms. The van der Waals surface area contributed by atoms with Crippen molar-refractivity contribution in [2.75, 3.05) is 7.05 Å². The van der Waals surface area contributed by atoms with Gasteiger partial charge in [0, 0.05) is 24.2 Å². The van der Waals surface area contributed by atoms with Crippen molar-refractivity contribution in [2.45, 2.75) is 43.4 Å². The number of aliphatic carboxylic acids is 2. The van der Waals surface area contributed by atoms with E-state index in [0.717, 1.165) is 18.5 Å². The van der Waals surface area contributed by atoms with Crippen molar-refractivity contribution in [3.63, 3.8) is 0 Å². The number of hydrogen-bond acceptors (Lipinski definition) is 5. The fourth-order valence-corrected chi connectivity index (χ4v) is 3.63. The molecule has 2 unspecified atom stereocenters. The maximum Gasteiger partial charge on any atom is 0.328 e. The van der Waals surface area contributed by atoms with Crippen LogP contribution in [-0.2, 0) is 15.2 Å². The molecule has 0 aliphatic carbocycles. The van der Waals surface area contributed by atoms with Gasteiger partial charge in [0.05, 0.1) is 5.69 Å². The van der Waals surface area contributed by atoms with Crippen LogP contribution in [0.4, 0.5) is 0 Å². The summed E-state index contributed by atoms with van der Waals surface area (Å²) in [6.07, 6.45) is 5.03. The number of nitrogens with zero attached hydrogens (tertiary/aromatic N) is 2. The highest BCUT2D eigenvalue weighted by atomic mass is 35.5. The van der Waals surface area contributed by atoms with Gasteiger partial charge < -0.3 is 20.2 Å². The molecule has 0 radical (unpaired) electrons. The summed E-state index contributed by atoms with van der Waals surface area (Å²) >= 11 is 5.91. The third kappa shape index (κ3) is 5.01. The highest BCUT2D eigenvalue weighted by Crippen LogP contribution is 2.44. The van der Waals surface area contributed by atoms with Crippen LogP contribution >= 0.6 is 11.6 Å². The zero-order chi connectivity index (χ0) is 18.6. The third-order valence-corrected chi connectivity index (χ3v) is 4.90. The second-order valence-electron chi connectivity index (χ2n) is 6.35. The Morgan fingerprint density at radius 3 is 2.16 bits per heavy atom. The van der Waals surface area contributed by atoms with Crippen LogP contribution in [0.1, 0.15) is 31.4 Å². The fraction of sp³-hybridized carbons (Fsp3) is 0.471. The highest BCUT2D eigenvalue weighted by molar-refractivity contribution is 6.29.